The number of nitrogens with two attached hydrogens (primary N) is 1. The van der Waals surface area contributed by atoms with E-state index in [0.29, 0.717) is 19.6 Å². The van der Waals surface area contributed by atoms with Crippen molar-refractivity contribution < 1.29 is 4.79 Å². The predicted molar refractivity (Wildman–Crippen MR) is 70.8 cm³/mol. The number of hydrogen-bond acceptors (Lipinski definition) is 3. The Morgan fingerprint density at radius 2 is 2.35 bits per heavy atom. The Hall–Kier alpha value is -1.51. The molecule has 0 atom stereocenters. The zero-order valence-electron chi connectivity index (χ0n) is 9.88. The second-order valence-corrected chi connectivity index (χ2v) is 4.41. The van der Waals surface area contributed by atoms with Crippen LogP contribution in [0, 0.1) is 11.8 Å². The average Bonchev–Trinajstić information content (AvgIpc) is 2.79. The second kappa shape index (κ2) is 7.71. The van der Waals surface area contributed by atoms with Crippen LogP contribution < -0.4 is 16.4 Å². The Kier molecular flexibility index (Phi) is 6.15. The number of carbonyl (C=O) groups is 1. The molecule has 0 fully saturated rings. The minimum absolute atomic E-state index is 0.130. The number of rotatable bonds is 4. The molecule has 0 saturated carbocycles. The molecule has 4 nitrogen and oxygen atoms in total. The molecule has 0 unspecified atom stereocenters. The van der Waals surface area contributed by atoms with Crippen molar-refractivity contribution in [3.63, 3.8) is 0 Å². The third-order valence-electron chi connectivity index (χ3n) is 1.95. The van der Waals surface area contributed by atoms with Crippen LogP contribution in [0.15, 0.2) is 11.4 Å². The van der Waals surface area contributed by atoms with Crippen LogP contribution in [0.3, 0.4) is 0 Å². The van der Waals surface area contributed by atoms with Crippen LogP contribution in [0.5, 0.6) is 0 Å². The third-order valence-corrected chi connectivity index (χ3v) is 2.88. The minimum atomic E-state index is -0.130. The molecule has 2 amide bonds. The molecule has 1 rings (SSSR count). The Balaban J connectivity index is 2.36. The first-order valence-corrected chi connectivity index (χ1v) is 6.42. The standard InChI is InChI=1S/C12H17N3OS/c1-2-6-14-12(16)15-8-11-7-10(9-17-11)4-3-5-13/h7,9H,2,5-6,8,13H2,1H3,(H2,14,15,16). The maximum absolute atomic E-state index is 11.3. The Morgan fingerprint density at radius 3 is 3.06 bits per heavy atom. The molecule has 0 aliphatic carbocycles. The van der Waals surface area contributed by atoms with E-state index < -0.39 is 0 Å². The molecular formula is C12H17N3OS. The first-order chi connectivity index (χ1) is 8.26. The Labute approximate surface area is 106 Å². The lowest BCUT2D eigenvalue weighted by Crippen LogP contribution is -2.35. The Morgan fingerprint density at radius 1 is 1.53 bits per heavy atom. The molecule has 0 saturated heterocycles. The van der Waals surface area contributed by atoms with E-state index in [-0.39, 0.29) is 6.03 Å². The van der Waals surface area contributed by atoms with Gasteiger partial charge in [0.15, 0.2) is 0 Å². The second-order valence-electron chi connectivity index (χ2n) is 3.42. The fourth-order valence-electron chi connectivity index (χ4n) is 1.16. The van der Waals surface area contributed by atoms with Crippen LogP contribution in [0.4, 0.5) is 4.79 Å². The van der Waals surface area contributed by atoms with E-state index in [0.717, 1.165) is 16.9 Å². The molecule has 0 aliphatic rings. The van der Waals surface area contributed by atoms with Crippen molar-refractivity contribution in [3.8, 4) is 11.8 Å². The summed E-state index contributed by atoms with van der Waals surface area (Å²) in [6.45, 7) is 3.61. The molecule has 0 radical (unpaired) electrons. The fourth-order valence-corrected chi connectivity index (χ4v) is 1.92. The average molecular weight is 251 g/mol. The number of hydrogen-bond donors (Lipinski definition) is 3. The van der Waals surface area contributed by atoms with Gasteiger partial charge in [-0.1, -0.05) is 18.8 Å². The van der Waals surface area contributed by atoms with Gasteiger partial charge < -0.3 is 16.4 Å². The summed E-state index contributed by atoms with van der Waals surface area (Å²) in [6, 6.07) is 1.84. The van der Waals surface area contributed by atoms with Crippen molar-refractivity contribution in [2.24, 2.45) is 5.73 Å². The lowest BCUT2D eigenvalue weighted by molar-refractivity contribution is 0.240. The van der Waals surface area contributed by atoms with Crippen molar-refractivity contribution in [1.82, 2.24) is 10.6 Å². The van der Waals surface area contributed by atoms with Crippen LogP contribution in [-0.4, -0.2) is 19.1 Å². The summed E-state index contributed by atoms with van der Waals surface area (Å²) in [7, 11) is 0. The molecule has 1 aromatic rings. The number of thiophene rings is 1. The van der Waals surface area contributed by atoms with Crippen molar-refractivity contribution in [2.75, 3.05) is 13.1 Å². The molecule has 17 heavy (non-hydrogen) atoms. The molecule has 1 heterocycles. The van der Waals surface area contributed by atoms with E-state index >= 15 is 0 Å². The lowest BCUT2D eigenvalue weighted by Gasteiger charge is -2.04. The van der Waals surface area contributed by atoms with Crippen LogP contribution in [-0.2, 0) is 6.54 Å². The molecule has 0 bridgehead atoms. The summed E-state index contributed by atoms with van der Waals surface area (Å²) in [5, 5.41) is 7.51. The normalized spacial score (nSPS) is 9.29. The predicted octanol–water partition coefficient (Wildman–Crippen LogP) is 1.27. The summed E-state index contributed by atoms with van der Waals surface area (Å²) in [4.78, 5) is 12.4. The van der Waals surface area contributed by atoms with Gasteiger partial charge in [0.1, 0.15) is 0 Å². The van der Waals surface area contributed by atoms with Crippen molar-refractivity contribution in [3.05, 3.63) is 21.9 Å². The minimum Gasteiger partial charge on any atom is -0.338 e. The van der Waals surface area contributed by atoms with Gasteiger partial charge in [-0.3, -0.25) is 0 Å². The van der Waals surface area contributed by atoms with E-state index in [1.807, 2.05) is 18.4 Å². The molecule has 0 aromatic carbocycles. The SMILES string of the molecule is CCCNC(=O)NCc1cc(C#CCN)cs1. The molecule has 5 heteroatoms. The summed E-state index contributed by atoms with van der Waals surface area (Å²) < 4.78 is 0. The van der Waals surface area contributed by atoms with Crippen LogP contribution >= 0.6 is 11.3 Å². The monoisotopic (exact) mass is 251 g/mol. The van der Waals surface area contributed by atoms with Gasteiger partial charge >= 0.3 is 6.03 Å². The van der Waals surface area contributed by atoms with Gasteiger partial charge in [0, 0.05) is 22.4 Å². The largest absolute Gasteiger partial charge is 0.338 e. The van der Waals surface area contributed by atoms with E-state index in [1.54, 1.807) is 11.3 Å². The highest BCUT2D eigenvalue weighted by Crippen LogP contribution is 2.13. The van der Waals surface area contributed by atoms with Gasteiger partial charge in [-0.25, -0.2) is 4.79 Å². The first-order valence-electron chi connectivity index (χ1n) is 5.54. The van der Waals surface area contributed by atoms with Gasteiger partial charge in [0.05, 0.1) is 13.1 Å². The first kappa shape index (κ1) is 13.6. The topological polar surface area (TPSA) is 67.2 Å². The van der Waals surface area contributed by atoms with Gasteiger partial charge in [-0.15, -0.1) is 11.3 Å². The van der Waals surface area contributed by atoms with Gasteiger partial charge in [-0.05, 0) is 12.5 Å². The van der Waals surface area contributed by atoms with Crippen LogP contribution in [0.2, 0.25) is 0 Å². The smallest absolute Gasteiger partial charge is 0.315 e. The third kappa shape index (κ3) is 5.38. The fraction of sp³-hybridized carbons (Fsp3) is 0.417. The van der Waals surface area contributed by atoms with E-state index in [1.165, 1.54) is 0 Å². The number of urea groups is 1. The van der Waals surface area contributed by atoms with Crippen LogP contribution in [0.25, 0.3) is 0 Å². The summed E-state index contributed by atoms with van der Waals surface area (Å²) in [5.41, 5.74) is 6.24. The zero-order valence-corrected chi connectivity index (χ0v) is 10.7. The highest BCUT2D eigenvalue weighted by Gasteiger charge is 2.01. The quantitative estimate of drug-likeness (QED) is 0.705. The van der Waals surface area contributed by atoms with Gasteiger partial charge in [-0.2, -0.15) is 0 Å². The molecular weight excluding hydrogens is 234 g/mol. The summed E-state index contributed by atoms with van der Waals surface area (Å²) >= 11 is 1.58. The molecule has 92 valence electrons. The molecule has 4 N–H and O–H groups in total. The van der Waals surface area contributed by atoms with Crippen molar-refractivity contribution >= 4 is 17.4 Å². The summed E-state index contributed by atoms with van der Waals surface area (Å²) in [6.07, 6.45) is 0.936. The van der Waals surface area contributed by atoms with E-state index in [9.17, 15) is 4.79 Å². The van der Waals surface area contributed by atoms with E-state index in [2.05, 4.69) is 22.5 Å². The molecule has 0 spiro atoms. The molecule has 0 aliphatic heterocycles. The molecule has 1 aromatic heterocycles. The highest BCUT2D eigenvalue weighted by molar-refractivity contribution is 7.10. The lowest BCUT2D eigenvalue weighted by atomic mass is 10.3. The Bertz CT molecular complexity index is 417. The van der Waals surface area contributed by atoms with E-state index in [4.69, 9.17) is 5.73 Å². The van der Waals surface area contributed by atoms with Crippen molar-refractivity contribution in [2.45, 2.75) is 19.9 Å². The summed E-state index contributed by atoms with van der Waals surface area (Å²) in [5.74, 6) is 5.75. The van der Waals surface area contributed by atoms with Crippen LogP contribution in [0.1, 0.15) is 23.8 Å². The maximum atomic E-state index is 11.3. The maximum Gasteiger partial charge on any atom is 0.315 e. The van der Waals surface area contributed by atoms with Gasteiger partial charge in [0.2, 0.25) is 0 Å². The van der Waals surface area contributed by atoms with Crippen molar-refractivity contribution in [1.29, 1.82) is 0 Å². The highest BCUT2D eigenvalue weighted by atomic mass is 32.1. The number of amides is 2. The van der Waals surface area contributed by atoms with Gasteiger partial charge in [0.25, 0.3) is 0 Å². The number of nitrogens with one attached hydrogen (secondary N) is 2. The zero-order chi connectivity index (χ0) is 12.5. The number of carbonyl (C=O) groups excluding carboxylic acids is 1.